The Hall–Kier alpha value is -1.10. The summed E-state index contributed by atoms with van der Waals surface area (Å²) in [4.78, 5) is 2.41. The predicted octanol–water partition coefficient (Wildman–Crippen LogP) is 2.46. The fourth-order valence-electron chi connectivity index (χ4n) is 3.05. The lowest BCUT2D eigenvalue weighted by Crippen LogP contribution is -2.41. The molecule has 3 unspecified atom stereocenters. The second-order valence-electron chi connectivity index (χ2n) is 5.71. The van der Waals surface area contributed by atoms with Crippen LogP contribution in [0.3, 0.4) is 0 Å². The molecule has 1 aromatic carbocycles. The first-order valence-electron chi connectivity index (χ1n) is 7.87. The number of hydrogen-bond acceptors (Lipinski definition) is 4. The van der Waals surface area contributed by atoms with E-state index in [4.69, 9.17) is 9.47 Å². The van der Waals surface area contributed by atoms with Gasteiger partial charge in [0.15, 0.2) is 0 Å². The minimum atomic E-state index is 0.318. The monoisotopic (exact) mass is 292 g/mol. The standard InChI is InChI=1S/C17H28N2O2/c1-5-20-15-8-6-14(7-9-15)16(18-3)12-19(4)17-10-11-21-13(17)2/h6-9,13,16-18H,5,10-12H2,1-4H3. The van der Waals surface area contributed by atoms with Crippen molar-refractivity contribution in [3.8, 4) is 5.75 Å². The highest BCUT2D eigenvalue weighted by Crippen LogP contribution is 2.23. The Morgan fingerprint density at radius 3 is 2.62 bits per heavy atom. The smallest absolute Gasteiger partial charge is 0.119 e. The van der Waals surface area contributed by atoms with E-state index in [-0.39, 0.29) is 0 Å². The van der Waals surface area contributed by atoms with Gasteiger partial charge in [-0.2, -0.15) is 0 Å². The second kappa shape index (κ2) is 7.78. The maximum atomic E-state index is 5.67. The molecule has 0 aliphatic carbocycles. The van der Waals surface area contributed by atoms with Crippen molar-refractivity contribution >= 4 is 0 Å². The molecule has 0 amide bonds. The second-order valence-corrected chi connectivity index (χ2v) is 5.71. The number of hydrogen-bond donors (Lipinski definition) is 1. The van der Waals surface area contributed by atoms with Crippen LogP contribution in [-0.4, -0.2) is 50.9 Å². The molecule has 2 rings (SSSR count). The maximum absolute atomic E-state index is 5.67. The molecule has 1 aliphatic rings. The highest BCUT2D eigenvalue weighted by atomic mass is 16.5. The molecule has 0 spiro atoms. The highest BCUT2D eigenvalue weighted by molar-refractivity contribution is 5.29. The van der Waals surface area contributed by atoms with E-state index in [1.807, 2.05) is 26.1 Å². The van der Waals surface area contributed by atoms with Gasteiger partial charge in [-0.15, -0.1) is 0 Å². The van der Waals surface area contributed by atoms with Gasteiger partial charge in [0.2, 0.25) is 0 Å². The van der Waals surface area contributed by atoms with Gasteiger partial charge in [0, 0.05) is 25.2 Å². The average Bonchev–Trinajstić information content (AvgIpc) is 2.92. The third-order valence-corrected chi connectivity index (χ3v) is 4.31. The maximum Gasteiger partial charge on any atom is 0.119 e. The molecule has 1 aromatic rings. The van der Waals surface area contributed by atoms with Crippen LogP contribution in [0.1, 0.15) is 31.9 Å². The molecule has 1 N–H and O–H groups in total. The number of rotatable bonds is 7. The Balaban J connectivity index is 1.98. The quantitative estimate of drug-likeness (QED) is 0.837. The predicted molar refractivity (Wildman–Crippen MR) is 85.9 cm³/mol. The molecular weight excluding hydrogens is 264 g/mol. The third-order valence-electron chi connectivity index (χ3n) is 4.31. The first kappa shape index (κ1) is 16.3. The van der Waals surface area contributed by atoms with Gasteiger partial charge in [0.1, 0.15) is 5.75 Å². The molecule has 1 heterocycles. The summed E-state index contributed by atoms with van der Waals surface area (Å²) in [5.41, 5.74) is 1.29. The van der Waals surface area contributed by atoms with Crippen LogP contribution in [0.25, 0.3) is 0 Å². The molecule has 118 valence electrons. The van der Waals surface area contributed by atoms with Gasteiger partial charge in [-0.3, -0.25) is 4.90 Å². The zero-order valence-electron chi connectivity index (χ0n) is 13.6. The van der Waals surface area contributed by atoms with Crippen molar-refractivity contribution in [3.63, 3.8) is 0 Å². The Labute approximate surface area is 128 Å². The molecular formula is C17H28N2O2. The Kier molecular flexibility index (Phi) is 6.03. The van der Waals surface area contributed by atoms with Crippen LogP contribution in [0.5, 0.6) is 5.75 Å². The van der Waals surface area contributed by atoms with E-state index in [2.05, 4.69) is 36.3 Å². The lowest BCUT2D eigenvalue weighted by molar-refractivity contribution is 0.0806. The summed E-state index contributed by atoms with van der Waals surface area (Å²) in [5, 5.41) is 3.42. The van der Waals surface area contributed by atoms with Crippen molar-refractivity contribution in [3.05, 3.63) is 29.8 Å². The summed E-state index contributed by atoms with van der Waals surface area (Å²) in [7, 11) is 4.21. The zero-order valence-corrected chi connectivity index (χ0v) is 13.6. The summed E-state index contributed by atoms with van der Waals surface area (Å²) in [6, 6.07) is 9.22. The fraction of sp³-hybridized carbons (Fsp3) is 0.647. The van der Waals surface area contributed by atoms with Gasteiger partial charge in [0.05, 0.1) is 12.7 Å². The van der Waals surface area contributed by atoms with Crippen molar-refractivity contribution in [2.75, 3.05) is 33.9 Å². The number of nitrogens with zero attached hydrogens (tertiary/aromatic N) is 1. The van der Waals surface area contributed by atoms with Crippen LogP contribution < -0.4 is 10.1 Å². The lowest BCUT2D eigenvalue weighted by atomic mass is 10.0. The van der Waals surface area contributed by atoms with Crippen molar-refractivity contribution in [1.29, 1.82) is 0 Å². The molecule has 1 saturated heterocycles. The van der Waals surface area contributed by atoms with Crippen LogP contribution in [0.2, 0.25) is 0 Å². The van der Waals surface area contributed by atoms with Crippen molar-refractivity contribution < 1.29 is 9.47 Å². The van der Waals surface area contributed by atoms with E-state index < -0.39 is 0 Å². The van der Waals surface area contributed by atoms with E-state index in [1.165, 1.54) is 5.56 Å². The van der Waals surface area contributed by atoms with Gasteiger partial charge in [0.25, 0.3) is 0 Å². The Morgan fingerprint density at radius 1 is 1.38 bits per heavy atom. The number of benzene rings is 1. The van der Waals surface area contributed by atoms with Gasteiger partial charge in [-0.25, -0.2) is 0 Å². The first-order chi connectivity index (χ1) is 10.2. The highest BCUT2D eigenvalue weighted by Gasteiger charge is 2.29. The van der Waals surface area contributed by atoms with Gasteiger partial charge < -0.3 is 14.8 Å². The first-order valence-corrected chi connectivity index (χ1v) is 7.87. The molecule has 21 heavy (non-hydrogen) atoms. The molecule has 1 fully saturated rings. The number of nitrogens with one attached hydrogen (secondary N) is 1. The van der Waals surface area contributed by atoms with E-state index in [1.54, 1.807) is 0 Å². The molecule has 0 radical (unpaired) electrons. The zero-order chi connectivity index (χ0) is 15.2. The van der Waals surface area contributed by atoms with E-state index in [0.29, 0.717) is 24.8 Å². The normalized spacial score (nSPS) is 23.5. The van der Waals surface area contributed by atoms with E-state index in [9.17, 15) is 0 Å². The summed E-state index contributed by atoms with van der Waals surface area (Å²) >= 11 is 0. The molecule has 0 bridgehead atoms. The van der Waals surface area contributed by atoms with Crippen LogP contribution in [0.15, 0.2) is 24.3 Å². The molecule has 4 heteroatoms. The third kappa shape index (κ3) is 4.19. The Bertz CT molecular complexity index is 421. The fourth-order valence-corrected chi connectivity index (χ4v) is 3.05. The van der Waals surface area contributed by atoms with Crippen LogP contribution >= 0.6 is 0 Å². The van der Waals surface area contributed by atoms with Crippen LogP contribution in [0, 0.1) is 0 Å². The molecule has 4 nitrogen and oxygen atoms in total. The molecule has 1 aliphatic heterocycles. The largest absolute Gasteiger partial charge is 0.494 e. The topological polar surface area (TPSA) is 33.7 Å². The van der Waals surface area contributed by atoms with Crippen LogP contribution in [0.4, 0.5) is 0 Å². The van der Waals surface area contributed by atoms with E-state index in [0.717, 1.165) is 25.3 Å². The van der Waals surface area contributed by atoms with Crippen LogP contribution in [-0.2, 0) is 4.74 Å². The average molecular weight is 292 g/mol. The number of ether oxygens (including phenoxy) is 2. The van der Waals surface area contributed by atoms with Gasteiger partial charge >= 0.3 is 0 Å². The molecule has 3 atom stereocenters. The minimum absolute atomic E-state index is 0.318. The minimum Gasteiger partial charge on any atom is -0.494 e. The van der Waals surface area contributed by atoms with Gasteiger partial charge in [-0.1, -0.05) is 12.1 Å². The summed E-state index contributed by atoms with van der Waals surface area (Å²) in [6.07, 6.45) is 1.45. The van der Waals surface area contributed by atoms with Crippen molar-refractivity contribution in [1.82, 2.24) is 10.2 Å². The lowest BCUT2D eigenvalue weighted by Gasteiger charge is -2.30. The number of likely N-dealkylation sites (N-methyl/N-ethyl adjacent to an activating group) is 2. The van der Waals surface area contributed by atoms with Crippen molar-refractivity contribution in [2.45, 2.75) is 38.5 Å². The SMILES string of the molecule is CCOc1ccc(C(CN(C)C2CCOC2C)NC)cc1. The molecule has 0 saturated carbocycles. The summed E-state index contributed by atoms with van der Waals surface area (Å²) < 4.78 is 11.2. The van der Waals surface area contributed by atoms with E-state index >= 15 is 0 Å². The summed E-state index contributed by atoms with van der Waals surface area (Å²) in [6.45, 7) is 6.73. The van der Waals surface area contributed by atoms with Gasteiger partial charge in [-0.05, 0) is 52.1 Å². The Morgan fingerprint density at radius 2 is 2.10 bits per heavy atom. The van der Waals surface area contributed by atoms with Crippen molar-refractivity contribution in [2.24, 2.45) is 0 Å². The summed E-state index contributed by atoms with van der Waals surface area (Å²) in [5.74, 6) is 0.933. The molecule has 0 aromatic heterocycles.